The highest BCUT2D eigenvalue weighted by atomic mass is 16.2. The second kappa shape index (κ2) is 5.26. The van der Waals surface area contributed by atoms with Crippen LogP contribution in [0.15, 0.2) is 0 Å². The molecule has 0 fully saturated rings. The molecule has 0 aromatic rings. The van der Waals surface area contributed by atoms with Crippen LogP contribution in [-0.2, 0) is 0 Å². The van der Waals surface area contributed by atoms with Gasteiger partial charge in [0.1, 0.15) is 0 Å². The molecule has 4 amide bonds. The summed E-state index contributed by atoms with van der Waals surface area (Å²) in [5.41, 5.74) is 3.61. The van der Waals surface area contributed by atoms with Crippen LogP contribution in [0.25, 0.3) is 0 Å². The molecule has 0 bridgehead atoms. The number of amides is 4. The lowest BCUT2D eigenvalue weighted by Crippen LogP contribution is -2.48. The van der Waals surface area contributed by atoms with E-state index in [1.807, 2.05) is 0 Å². The summed E-state index contributed by atoms with van der Waals surface area (Å²) in [6.07, 6.45) is 0. The Labute approximate surface area is 62.6 Å². The Morgan fingerprint density at radius 2 is 1.36 bits per heavy atom. The average Bonchev–Trinajstić information content (AvgIpc) is 2.04. The Balaban J connectivity index is 3.27. The van der Waals surface area contributed by atoms with Gasteiger partial charge in [0.25, 0.3) is 0 Å². The summed E-state index contributed by atoms with van der Waals surface area (Å²) in [7, 11) is 0. The molecule has 0 saturated heterocycles. The fourth-order valence-electron chi connectivity index (χ4n) is 0.307. The minimum Gasteiger partial charge on any atom is -0.320 e. The molecule has 8 nitrogen and oxygen atoms in total. The molecule has 0 aliphatic rings. The average molecular weight is 162 g/mol. The summed E-state index contributed by atoms with van der Waals surface area (Å²) in [6, 6.07) is -1.19. The smallest absolute Gasteiger partial charge is 0.320 e. The fourth-order valence-corrected chi connectivity index (χ4v) is 0.307. The van der Waals surface area contributed by atoms with E-state index < -0.39 is 12.1 Å². The molecule has 0 spiro atoms. The van der Waals surface area contributed by atoms with E-state index in [9.17, 15) is 9.59 Å². The summed E-state index contributed by atoms with van der Waals surface area (Å²) in [5.74, 6) is 9.41. The first-order valence-corrected chi connectivity index (χ1v) is 2.69. The highest BCUT2D eigenvalue weighted by Gasteiger charge is 1.96. The van der Waals surface area contributed by atoms with E-state index >= 15 is 0 Å². The standard InChI is InChI=1S/C3H10N6O2/c4-8-2(10)6-1-7-3(11)9-5/h1,4-5H2,(H2,6,8,10)(H2,7,9,11). The van der Waals surface area contributed by atoms with E-state index in [-0.39, 0.29) is 6.67 Å². The monoisotopic (exact) mass is 162 g/mol. The second-order valence-electron chi connectivity index (χ2n) is 1.48. The van der Waals surface area contributed by atoms with Gasteiger partial charge in [-0.1, -0.05) is 0 Å². The SMILES string of the molecule is NNC(=O)NCNC(=O)NN. The highest BCUT2D eigenvalue weighted by Crippen LogP contribution is 1.58. The van der Waals surface area contributed by atoms with Crippen molar-refractivity contribution in [3.05, 3.63) is 0 Å². The largest absolute Gasteiger partial charge is 0.330 e. The highest BCUT2D eigenvalue weighted by molar-refractivity contribution is 5.75. The van der Waals surface area contributed by atoms with E-state index in [1.165, 1.54) is 0 Å². The van der Waals surface area contributed by atoms with Crippen LogP contribution in [0.1, 0.15) is 0 Å². The van der Waals surface area contributed by atoms with E-state index in [2.05, 4.69) is 10.6 Å². The molecular formula is C3H10N6O2. The van der Waals surface area contributed by atoms with Gasteiger partial charge in [-0.15, -0.1) is 0 Å². The second-order valence-corrected chi connectivity index (χ2v) is 1.48. The fraction of sp³-hybridized carbons (Fsp3) is 0.333. The Bertz CT molecular complexity index is 131. The minimum absolute atomic E-state index is 0.0495. The van der Waals surface area contributed by atoms with Crippen molar-refractivity contribution in [1.82, 2.24) is 21.5 Å². The van der Waals surface area contributed by atoms with Crippen molar-refractivity contribution in [2.75, 3.05) is 6.67 Å². The van der Waals surface area contributed by atoms with Crippen molar-refractivity contribution in [3.8, 4) is 0 Å². The molecule has 0 heterocycles. The lowest BCUT2D eigenvalue weighted by atomic mass is 10.9. The number of urea groups is 2. The van der Waals surface area contributed by atoms with Gasteiger partial charge in [0.2, 0.25) is 0 Å². The third-order valence-corrected chi connectivity index (χ3v) is 0.760. The maximum Gasteiger partial charge on any atom is 0.330 e. The van der Waals surface area contributed by atoms with Gasteiger partial charge in [-0.25, -0.2) is 21.3 Å². The first-order chi connectivity index (χ1) is 5.20. The van der Waals surface area contributed by atoms with Crippen LogP contribution in [0.4, 0.5) is 9.59 Å². The predicted octanol–water partition coefficient (Wildman–Crippen LogP) is -2.71. The van der Waals surface area contributed by atoms with Gasteiger partial charge in [-0.05, 0) is 0 Å². The number of hydrogen-bond donors (Lipinski definition) is 6. The number of carbonyl (C=O) groups excluding carboxylic acids is 2. The Kier molecular flexibility index (Phi) is 4.52. The number of rotatable bonds is 2. The lowest BCUT2D eigenvalue weighted by molar-refractivity contribution is 0.235. The number of nitrogens with one attached hydrogen (secondary N) is 4. The molecule has 8 N–H and O–H groups in total. The van der Waals surface area contributed by atoms with Crippen LogP contribution < -0.4 is 33.2 Å². The zero-order valence-corrected chi connectivity index (χ0v) is 5.68. The van der Waals surface area contributed by atoms with Crippen LogP contribution in [-0.4, -0.2) is 18.7 Å². The molecule has 0 aromatic heterocycles. The zero-order valence-electron chi connectivity index (χ0n) is 5.68. The predicted molar refractivity (Wildman–Crippen MR) is 36.6 cm³/mol. The topological polar surface area (TPSA) is 134 Å². The van der Waals surface area contributed by atoms with Crippen LogP contribution >= 0.6 is 0 Å². The Hall–Kier alpha value is -1.54. The van der Waals surface area contributed by atoms with Crippen molar-refractivity contribution >= 4 is 12.1 Å². The number of hydrazine groups is 2. The number of nitrogens with two attached hydrogens (primary N) is 2. The maximum absolute atomic E-state index is 10.3. The summed E-state index contributed by atoms with van der Waals surface area (Å²) >= 11 is 0. The van der Waals surface area contributed by atoms with Crippen molar-refractivity contribution in [1.29, 1.82) is 0 Å². The number of carbonyl (C=O) groups is 2. The van der Waals surface area contributed by atoms with Crippen LogP contribution in [0.3, 0.4) is 0 Å². The molecule has 0 aliphatic carbocycles. The molecule has 0 atom stereocenters. The first-order valence-electron chi connectivity index (χ1n) is 2.69. The van der Waals surface area contributed by atoms with Crippen LogP contribution in [0, 0.1) is 0 Å². The van der Waals surface area contributed by atoms with E-state index in [4.69, 9.17) is 11.7 Å². The summed E-state index contributed by atoms with van der Waals surface area (Å²) in [6.45, 7) is -0.0495. The van der Waals surface area contributed by atoms with Gasteiger partial charge in [-0.2, -0.15) is 0 Å². The lowest BCUT2D eigenvalue weighted by Gasteiger charge is -2.04. The first kappa shape index (κ1) is 9.46. The molecule has 64 valence electrons. The Morgan fingerprint density at radius 3 is 1.64 bits per heavy atom. The zero-order chi connectivity index (χ0) is 8.69. The van der Waals surface area contributed by atoms with E-state index in [0.29, 0.717) is 0 Å². The van der Waals surface area contributed by atoms with E-state index in [0.717, 1.165) is 0 Å². The molecule has 0 aromatic carbocycles. The van der Waals surface area contributed by atoms with Crippen molar-refractivity contribution < 1.29 is 9.59 Å². The van der Waals surface area contributed by atoms with Gasteiger partial charge < -0.3 is 10.6 Å². The summed E-state index contributed by atoms with van der Waals surface area (Å²) in [4.78, 5) is 20.7. The molecule has 0 aliphatic heterocycles. The molecule has 8 heteroatoms. The number of hydrogen-bond acceptors (Lipinski definition) is 4. The van der Waals surface area contributed by atoms with Gasteiger partial charge in [0.05, 0.1) is 6.67 Å². The minimum atomic E-state index is -0.595. The molecule has 11 heavy (non-hydrogen) atoms. The molecule has 0 unspecified atom stereocenters. The Morgan fingerprint density at radius 1 is 1.00 bits per heavy atom. The molecule has 0 radical (unpaired) electrons. The quantitative estimate of drug-likeness (QED) is 0.114. The molecule has 0 saturated carbocycles. The summed E-state index contributed by atoms with van der Waals surface area (Å²) < 4.78 is 0. The van der Waals surface area contributed by atoms with E-state index in [1.54, 1.807) is 10.9 Å². The van der Waals surface area contributed by atoms with Crippen LogP contribution in [0.2, 0.25) is 0 Å². The normalized spacial score (nSPS) is 8.18. The van der Waals surface area contributed by atoms with Gasteiger partial charge in [0.15, 0.2) is 0 Å². The molecular weight excluding hydrogens is 152 g/mol. The summed E-state index contributed by atoms with van der Waals surface area (Å²) in [5, 5.41) is 4.39. The van der Waals surface area contributed by atoms with Crippen LogP contribution in [0.5, 0.6) is 0 Å². The molecule has 0 rings (SSSR count). The maximum atomic E-state index is 10.3. The van der Waals surface area contributed by atoms with Gasteiger partial charge >= 0.3 is 12.1 Å². The van der Waals surface area contributed by atoms with Crippen molar-refractivity contribution in [3.63, 3.8) is 0 Å². The third-order valence-electron chi connectivity index (χ3n) is 0.760. The van der Waals surface area contributed by atoms with Gasteiger partial charge in [0, 0.05) is 0 Å². The van der Waals surface area contributed by atoms with Crippen molar-refractivity contribution in [2.45, 2.75) is 0 Å². The third kappa shape index (κ3) is 4.93. The van der Waals surface area contributed by atoms with Gasteiger partial charge in [-0.3, -0.25) is 10.9 Å². The van der Waals surface area contributed by atoms with Crippen molar-refractivity contribution in [2.24, 2.45) is 11.7 Å².